The van der Waals surface area contributed by atoms with Gasteiger partial charge >= 0.3 is 11.9 Å². The molecule has 4 aromatic rings. The first-order valence-corrected chi connectivity index (χ1v) is 48.3. The molecule has 8 bridgehead atoms. The zero-order valence-corrected chi connectivity index (χ0v) is 72.3. The fourth-order valence-electron chi connectivity index (χ4n) is 25.2. The standard InChI is InChI=1S/2C25H34N2O2.2C22H35N3.C6H10O4.5CH4/c2*28-24-15-18-9-6-7-14-23(18)27(25(24)29)22-16-20-12-8-13-21(17-22)26(20)19-10-4-2-1-3-5-11-19;2*23-21-13-6-7-14-22(21)24-17-15-19-11-8-12-20(16-17)25(19)18-9-4-2-1-3-5-10-18;1-3-9-5(7)6(8)10-4-2;;;;;/h2*6-7,9,14,19-22H,1-5,8,10-13,15-17H2;2*6-7,13-14,17-20,24H,1-5,8-12,15-16,23H2;3-4H2,1-2H3;5*1H4/t2*20-,21+,22?;2*17?,19-,20+;;;;;;. The number of nitrogens with zero attached hydrogens (tertiary/aromatic N) is 6. The van der Waals surface area contributed by atoms with Gasteiger partial charge in [0.1, 0.15) is 0 Å². The molecule has 8 saturated heterocycles. The smallest absolute Gasteiger partial charge is 0.417 e. The summed E-state index contributed by atoms with van der Waals surface area (Å²) in [5.41, 5.74) is 20.3. The molecule has 4 aromatic carbocycles. The number of piperidine rings is 8. The highest BCUT2D eigenvalue weighted by molar-refractivity contribution is 6.44. The molecule has 12 fully saturated rings. The van der Waals surface area contributed by atoms with Crippen molar-refractivity contribution in [2.75, 3.05) is 45.1 Å². The van der Waals surface area contributed by atoms with Gasteiger partial charge in [-0.2, -0.15) is 0 Å². The summed E-state index contributed by atoms with van der Waals surface area (Å²) in [6, 6.07) is 42.7. The van der Waals surface area contributed by atoms with E-state index in [0.29, 0.717) is 36.3 Å². The molecule has 686 valence electrons. The van der Waals surface area contributed by atoms with Crippen molar-refractivity contribution in [3.05, 3.63) is 108 Å². The van der Waals surface area contributed by atoms with E-state index >= 15 is 0 Å². The van der Waals surface area contributed by atoms with Gasteiger partial charge in [0, 0.05) is 121 Å². The van der Waals surface area contributed by atoms with Crippen LogP contribution in [0.4, 0.5) is 34.1 Å². The minimum absolute atomic E-state index is 0. The largest absolute Gasteiger partial charge is 0.458 e. The van der Waals surface area contributed by atoms with Crippen molar-refractivity contribution in [2.24, 2.45) is 0 Å². The molecular formula is C105H168N10O8. The number of fused-ring (bicyclic) bond motifs is 10. The molecule has 12 atom stereocenters. The molecule has 123 heavy (non-hydrogen) atoms. The first-order chi connectivity index (χ1) is 57.8. The Balaban J connectivity index is 0.000000177. The molecule has 0 spiro atoms. The first kappa shape index (κ1) is 99.9. The fraction of sp³-hybridized carbons (Fsp3) is 0.714. The summed E-state index contributed by atoms with van der Waals surface area (Å²) in [5, 5.41) is 7.54. The number of hydrogen-bond acceptors (Lipinski definition) is 16. The van der Waals surface area contributed by atoms with Gasteiger partial charge in [-0.1, -0.05) is 252 Å². The number of carbonyl (C=O) groups is 6. The molecule has 0 radical (unpaired) electrons. The summed E-state index contributed by atoms with van der Waals surface area (Å²) in [5.74, 6) is -2.88. The maximum atomic E-state index is 12.9. The highest BCUT2D eigenvalue weighted by Crippen LogP contribution is 2.47. The molecule has 4 aliphatic carbocycles. The second-order valence-electron chi connectivity index (χ2n) is 38.0. The number of amides is 2. The summed E-state index contributed by atoms with van der Waals surface area (Å²) in [6.07, 6.45) is 65.5. The topological polar surface area (TPSA) is 216 Å². The van der Waals surface area contributed by atoms with Gasteiger partial charge in [0.2, 0.25) is 11.6 Å². The number of benzene rings is 4. The van der Waals surface area contributed by atoms with E-state index in [9.17, 15) is 28.8 Å². The number of carbonyl (C=O) groups excluding carboxylic acids is 6. The van der Waals surface area contributed by atoms with E-state index in [0.717, 1.165) is 119 Å². The van der Waals surface area contributed by atoms with Gasteiger partial charge in [-0.05, 0) is 215 Å². The summed E-state index contributed by atoms with van der Waals surface area (Å²) in [7, 11) is 0. The molecule has 4 saturated carbocycles. The molecule has 18 heteroatoms. The van der Waals surface area contributed by atoms with E-state index in [4.69, 9.17) is 11.5 Å². The number of ketones is 2. The number of nitrogen functional groups attached to an aromatic ring is 2. The molecule has 0 aromatic heterocycles. The van der Waals surface area contributed by atoms with Crippen molar-refractivity contribution < 1.29 is 38.2 Å². The van der Waals surface area contributed by atoms with E-state index in [-0.39, 0.29) is 98.7 Å². The van der Waals surface area contributed by atoms with E-state index in [1.54, 1.807) is 13.8 Å². The number of nitrogens with two attached hydrogens (primary N) is 2. The lowest BCUT2D eigenvalue weighted by molar-refractivity contribution is -0.167. The van der Waals surface area contributed by atoms with Crippen LogP contribution in [0.15, 0.2) is 97.1 Å². The molecule has 6 N–H and O–H groups in total. The van der Waals surface area contributed by atoms with Crippen LogP contribution in [0.2, 0.25) is 0 Å². The van der Waals surface area contributed by atoms with Crippen molar-refractivity contribution >= 4 is 69.4 Å². The SMILES string of the molecule is C.C.C.C.C.CCOC(=O)C(=O)OCC.Nc1ccccc1NC1C[C@H]2CCC[C@@H](C1)N2C1CCCCCCC1.Nc1ccccc1NC1C[C@H]2CCC[C@@H](C1)N2C1CCCCCCC1.O=C1Cc2ccccc2N(C2C[C@H]3CCC[C@@H](C2)N3C2CCCCCCC2)C1=O.O=C1Cc2ccccc2N(C2C[C@H]3CCC[C@@H](C2)N3C2CCCCCCC2)C1=O. The zero-order valence-electron chi connectivity index (χ0n) is 72.3. The third-order valence-electron chi connectivity index (χ3n) is 30.3. The molecule has 14 aliphatic rings. The quantitative estimate of drug-likeness (QED) is 0.0589. The number of esters is 2. The number of rotatable bonds is 12. The van der Waals surface area contributed by atoms with Crippen molar-refractivity contribution in [3.63, 3.8) is 0 Å². The number of Topliss-reactive ketones (excluding diaryl/α,β-unsaturated/α-hetero) is 2. The molecule has 10 heterocycles. The molecule has 2 amide bonds. The van der Waals surface area contributed by atoms with Crippen LogP contribution < -0.4 is 31.9 Å². The van der Waals surface area contributed by atoms with Gasteiger partial charge in [0.05, 0.1) is 36.0 Å². The van der Waals surface area contributed by atoms with Crippen LogP contribution in [0.3, 0.4) is 0 Å². The van der Waals surface area contributed by atoms with Gasteiger partial charge in [-0.25, -0.2) is 9.59 Å². The van der Waals surface area contributed by atoms with Crippen molar-refractivity contribution in [2.45, 2.75) is 469 Å². The van der Waals surface area contributed by atoms with E-state index in [2.05, 4.69) is 64.0 Å². The van der Waals surface area contributed by atoms with Crippen molar-refractivity contribution in [3.8, 4) is 0 Å². The van der Waals surface area contributed by atoms with Crippen molar-refractivity contribution in [1.29, 1.82) is 0 Å². The van der Waals surface area contributed by atoms with Crippen LogP contribution in [-0.4, -0.2) is 165 Å². The molecule has 4 unspecified atom stereocenters. The highest BCUT2D eigenvalue weighted by Gasteiger charge is 2.50. The summed E-state index contributed by atoms with van der Waals surface area (Å²) >= 11 is 0. The molecule has 18 rings (SSSR count). The number of anilines is 6. The van der Waals surface area contributed by atoms with E-state index in [1.807, 2.05) is 82.6 Å². The van der Waals surface area contributed by atoms with Gasteiger partial charge in [0.25, 0.3) is 11.8 Å². The normalized spacial score (nSPS) is 28.7. The number of para-hydroxylation sites is 6. The Morgan fingerprint density at radius 2 is 0.528 bits per heavy atom. The maximum absolute atomic E-state index is 12.9. The Labute approximate surface area is 745 Å². The Kier molecular flexibility index (Phi) is 40.6. The average molecular weight is 1700 g/mol. The zero-order chi connectivity index (χ0) is 81.7. The monoisotopic (exact) mass is 1700 g/mol. The number of hydrogen-bond donors (Lipinski definition) is 4. The van der Waals surface area contributed by atoms with Crippen LogP contribution in [0, 0.1) is 0 Å². The number of nitrogens with one attached hydrogen (secondary N) is 2. The predicted molar refractivity (Wildman–Crippen MR) is 511 cm³/mol. The van der Waals surface area contributed by atoms with Crippen LogP contribution in [0.5, 0.6) is 0 Å². The number of ether oxygens (including phenoxy) is 2. The summed E-state index contributed by atoms with van der Waals surface area (Å²) in [4.78, 5) is 87.1. The summed E-state index contributed by atoms with van der Waals surface area (Å²) < 4.78 is 8.69. The minimum Gasteiger partial charge on any atom is -0.458 e. The molecular weight excluding hydrogens is 1530 g/mol. The van der Waals surface area contributed by atoms with Crippen LogP contribution in [-0.2, 0) is 51.1 Å². The molecule has 18 nitrogen and oxygen atoms in total. The minimum atomic E-state index is -0.927. The van der Waals surface area contributed by atoms with Crippen molar-refractivity contribution in [1.82, 2.24) is 19.6 Å². The Morgan fingerprint density at radius 3 is 0.789 bits per heavy atom. The lowest BCUT2D eigenvalue weighted by atomic mass is 9.78. The van der Waals surface area contributed by atoms with Gasteiger partial charge in [-0.3, -0.25) is 38.8 Å². The Hall–Kier alpha value is -6.86. The third-order valence-corrected chi connectivity index (χ3v) is 30.3. The fourth-order valence-corrected chi connectivity index (χ4v) is 25.2. The predicted octanol–water partition coefficient (Wildman–Crippen LogP) is 22.9. The molecule has 10 aliphatic heterocycles. The van der Waals surface area contributed by atoms with Crippen LogP contribution in [0.25, 0.3) is 0 Å². The van der Waals surface area contributed by atoms with Gasteiger partial charge < -0.3 is 41.4 Å². The van der Waals surface area contributed by atoms with Crippen LogP contribution in [0.1, 0.15) is 370 Å². The first-order valence-electron chi connectivity index (χ1n) is 48.3. The van der Waals surface area contributed by atoms with Gasteiger partial charge in [-0.15, -0.1) is 0 Å². The second kappa shape index (κ2) is 50.0. The maximum Gasteiger partial charge on any atom is 0.417 e. The summed E-state index contributed by atoms with van der Waals surface area (Å²) in [6.45, 7) is 3.63. The highest BCUT2D eigenvalue weighted by atomic mass is 16.6. The lowest BCUT2D eigenvalue weighted by Crippen LogP contribution is -2.62. The Morgan fingerprint density at radius 1 is 0.301 bits per heavy atom. The third kappa shape index (κ3) is 25.8. The lowest BCUT2D eigenvalue weighted by Gasteiger charge is -2.54. The average Bonchev–Trinajstić information content (AvgIpc) is 0.753. The Bertz CT molecular complexity index is 3560. The second-order valence-corrected chi connectivity index (χ2v) is 38.0. The van der Waals surface area contributed by atoms with E-state index < -0.39 is 11.9 Å². The van der Waals surface area contributed by atoms with E-state index in [1.165, 1.54) is 283 Å². The van der Waals surface area contributed by atoms with Gasteiger partial charge in [0.15, 0.2) is 0 Å². The van der Waals surface area contributed by atoms with Crippen LogP contribution >= 0.6 is 0 Å².